The molecule has 9 aromatic rings. The van der Waals surface area contributed by atoms with E-state index in [1.165, 1.54) is 43.6 Å². The van der Waals surface area contributed by atoms with E-state index in [0.717, 1.165) is 58.1 Å². The van der Waals surface area contributed by atoms with Gasteiger partial charge in [0, 0.05) is 44.0 Å². The largest absolute Gasteiger partial charge is 0.309 e. The van der Waals surface area contributed by atoms with Crippen LogP contribution >= 0.6 is 0 Å². The minimum atomic E-state index is 0.726. The van der Waals surface area contributed by atoms with Crippen molar-refractivity contribution >= 4 is 49.2 Å². The number of fused-ring (bicyclic) bond motifs is 6. The number of nitrogens with zero attached hydrogens (tertiary/aromatic N) is 4. The Morgan fingerprint density at radius 1 is 0.420 bits per heavy atom. The SMILES string of the molecule is C1=CC(c2cc(-c3ccccc3)nc(-c3ccc(-n4c5ccccc5c5cc6c7ccccc7n(-c7ccccc7)c6cc54)cc3)n2)=CCC1. The van der Waals surface area contributed by atoms with Gasteiger partial charge in [-0.05, 0) is 85.1 Å². The van der Waals surface area contributed by atoms with Crippen LogP contribution in [-0.2, 0) is 0 Å². The zero-order valence-electron chi connectivity index (χ0n) is 27.4. The fourth-order valence-corrected chi connectivity index (χ4v) is 7.61. The van der Waals surface area contributed by atoms with Gasteiger partial charge in [-0.3, -0.25) is 0 Å². The Morgan fingerprint density at radius 2 is 1.00 bits per heavy atom. The Labute approximate surface area is 289 Å². The lowest BCUT2D eigenvalue weighted by Crippen LogP contribution is -1.99. The maximum Gasteiger partial charge on any atom is 0.160 e. The molecule has 0 N–H and O–H groups in total. The summed E-state index contributed by atoms with van der Waals surface area (Å²) >= 11 is 0. The summed E-state index contributed by atoms with van der Waals surface area (Å²) in [7, 11) is 0. The highest BCUT2D eigenvalue weighted by atomic mass is 15.0. The van der Waals surface area contributed by atoms with Crippen molar-refractivity contribution in [2.45, 2.75) is 12.8 Å². The van der Waals surface area contributed by atoms with Gasteiger partial charge >= 0.3 is 0 Å². The van der Waals surface area contributed by atoms with Crippen LogP contribution in [0.5, 0.6) is 0 Å². The van der Waals surface area contributed by atoms with Crippen molar-refractivity contribution in [3.63, 3.8) is 0 Å². The van der Waals surface area contributed by atoms with Crippen LogP contribution in [-0.4, -0.2) is 19.1 Å². The average Bonchev–Trinajstić information content (AvgIpc) is 3.70. The molecule has 1 aliphatic carbocycles. The third-order valence-electron chi connectivity index (χ3n) is 9.95. The summed E-state index contributed by atoms with van der Waals surface area (Å²) in [6.45, 7) is 0. The predicted molar refractivity (Wildman–Crippen MR) is 208 cm³/mol. The molecule has 236 valence electrons. The topological polar surface area (TPSA) is 35.6 Å². The fourth-order valence-electron chi connectivity index (χ4n) is 7.61. The molecule has 0 spiro atoms. The van der Waals surface area contributed by atoms with Crippen LogP contribution in [0.2, 0.25) is 0 Å². The number of para-hydroxylation sites is 3. The van der Waals surface area contributed by atoms with E-state index in [2.05, 4.69) is 173 Å². The lowest BCUT2D eigenvalue weighted by atomic mass is 10.0. The van der Waals surface area contributed by atoms with Crippen LogP contribution in [0.4, 0.5) is 0 Å². The van der Waals surface area contributed by atoms with E-state index in [0.29, 0.717) is 0 Å². The molecule has 3 aromatic heterocycles. The van der Waals surface area contributed by atoms with E-state index in [1.54, 1.807) is 0 Å². The quantitative estimate of drug-likeness (QED) is 0.188. The van der Waals surface area contributed by atoms with Gasteiger partial charge in [0.15, 0.2) is 5.82 Å². The van der Waals surface area contributed by atoms with Crippen molar-refractivity contribution in [1.29, 1.82) is 0 Å². The number of rotatable bonds is 5. The third kappa shape index (κ3) is 4.61. The highest BCUT2D eigenvalue weighted by Gasteiger charge is 2.19. The lowest BCUT2D eigenvalue weighted by Gasteiger charge is -2.13. The standard InChI is InChI=1S/C46H32N4/c1-4-14-31(15-5-1)40-29-41(32-16-6-2-7-17-32)48-46(47-40)33-24-26-35(27-25-33)50-43-23-13-11-21-37(43)39-28-38-36-20-10-12-22-42(36)49(44(38)30-45(39)50)34-18-8-3-9-19-34/h1,3-6,8-30H,2,7H2. The molecule has 10 rings (SSSR count). The van der Waals surface area contributed by atoms with E-state index in [1.807, 2.05) is 6.07 Å². The molecule has 0 atom stereocenters. The van der Waals surface area contributed by atoms with E-state index >= 15 is 0 Å². The van der Waals surface area contributed by atoms with Crippen molar-refractivity contribution in [3.8, 4) is 34.0 Å². The van der Waals surface area contributed by atoms with E-state index in [-0.39, 0.29) is 0 Å². The summed E-state index contributed by atoms with van der Waals surface area (Å²) in [4.78, 5) is 10.2. The molecule has 0 saturated carbocycles. The van der Waals surface area contributed by atoms with Gasteiger partial charge in [-0.1, -0.05) is 103 Å². The van der Waals surface area contributed by atoms with Gasteiger partial charge in [0.05, 0.1) is 33.5 Å². The number of hydrogen-bond donors (Lipinski definition) is 0. The zero-order valence-corrected chi connectivity index (χ0v) is 27.4. The third-order valence-corrected chi connectivity index (χ3v) is 9.95. The Morgan fingerprint density at radius 3 is 1.64 bits per heavy atom. The van der Waals surface area contributed by atoms with Crippen molar-refractivity contribution in [3.05, 3.63) is 176 Å². The minimum Gasteiger partial charge on any atom is -0.309 e. The van der Waals surface area contributed by atoms with Crippen LogP contribution in [0, 0.1) is 0 Å². The molecule has 0 aliphatic heterocycles. The molecule has 0 saturated heterocycles. The summed E-state index contributed by atoms with van der Waals surface area (Å²) in [5.74, 6) is 0.726. The summed E-state index contributed by atoms with van der Waals surface area (Å²) in [5, 5.41) is 4.99. The Kier molecular flexibility index (Phi) is 6.59. The molecule has 50 heavy (non-hydrogen) atoms. The predicted octanol–water partition coefficient (Wildman–Crippen LogP) is 11.7. The lowest BCUT2D eigenvalue weighted by molar-refractivity contribution is 1.03. The first-order valence-corrected chi connectivity index (χ1v) is 17.2. The molecule has 1 aliphatic rings. The molecule has 6 aromatic carbocycles. The molecular formula is C46H32N4. The maximum absolute atomic E-state index is 5.10. The van der Waals surface area contributed by atoms with Gasteiger partial charge in [-0.25, -0.2) is 9.97 Å². The van der Waals surface area contributed by atoms with E-state index < -0.39 is 0 Å². The molecule has 3 heterocycles. The molecule has 0 bridgehead atoms. The van der Waals surface area contributed by atoms with Gasteiger partial charge in [-0.2, -0.15) is 0 Å². The summed E-state index contributed by atoms with van der Waals surface area (Å²) in [6, 6.07) is 54.1. The monoisotopic (exact) mass is 640 g/mol. The first kappa shape index (κ1) is 28.5. The van der Waals surface area contributed by atoms with Crippen LogP contribution in [0.15, 0.2) is 170 Å². The zero-order chi connectivity index (χ0) is 33.0. The van der Waals surface area contributed by atoms with E-state index in [4.69, 9.17) is 9.97 Å². The first-order valence-electron chi connectivity index (χ1n) is 17.2. The molecule has 0 fully saturated rings. The second kappa shape index (κ2) is 11.6. The average molecular weight is 641 g/mol. The minimum absolute atomic E-state index is 0.726. The number of aromatic nitrogens is 4. The smallest absolute Gasteiger partial charge is 0.160 e. The van der Waals surface area contributed by atoms with Crippen LogP contribution < -0.4 is 0 Å². The fraction of sp³-hybridized carbons (Fsp3) is 0.0435. The first-order chi connectivity index (χ1) is 24.8. The van der Waals surface area contributed by atoms with Crippen LogP contribution in [0.3, 0.4) is 0 Å². The second-order valence-electron chi connectivity index (χ2n) is 12.9. The van der Waals surface area contributed by atoms with Crippen molar-refractivity contribution in [1.82, 2.24) is 19.1 Å². The van der Waals surface area contributed by atoms with E-state index in [9.17, 15) is 0 Å². The Bertz CT molecular complexity index is 2780. The van der Waals surface area contributed by atoms with Crippen molar-refractivity contribution < 1.29 is 0 Å². The second-order valence-corrected chi connectivity index (χ2v) is 12.9. The Hall–Kier alpha value is -6.52. The molecule has 4 nitrogen and oxygen atoms in total. The normalized spacial score (nSPS) is 13.1. The van der Waals surface area contributed by atoms with Gasteiger partial charge in [0.25, 0.3) is 0 Å². The Balaban J connectivity index is 1.16. The van der Waals surface area contributed by atoms with Gasteiger partial charge in [0.2, 0.25) is 0 Å². The number of hydrogen-bond acceptors (Lipinski definition) is 2. The molecule has 0 radical (unpaired) electrons. The summed E-state index contributed by atoms with van der Waals surface area (Å²) < 4.78 is 4.78. The van der Waals surface area contributed by atoms with Crippen molar-refractivity contribution in [2.24, 2.45) is 0 Å². The van der Waals surface area contributed by atoms with Crippen molar-refractivity contribution in [2.75, 3.05) is 0 Å². The molecule has 0 amide bonds. The highest BCUT2D eigenvalue weighted by Crippen LogP contribution is 2.40. The van der Waals surface area contributed by atoms with Gasteiger partial charge in [-0.15, -0.1) is 0 Å². The summed E-state index contributed by atoms with van der Waals surface area (Å²) in [5.41, 5.74) is 12.1. The number of allylic oxidation sites excluding steroid dienone is 4. The van der Waals surface area contributed by atoms with Crippen LogP contribution in [0.1, 0.15) is 18.5 Å². The van der Waals surface area contributed by atoms with Gasteiger partial charge in [0.1, 0.15) is 0 Å². The van der Waals surface area contributed by atoms with Gasteiger partial charge < -0.3 is 9.13 Å². The summed E-state index contributed by atoms with van der Waals surface area (Å²) in [6.07, 6.45) is 8.78. The van der Waals surface area contributed by atoms with Crippen LogP contribution in [0.25, 0.3) is 83.2 Å². The molecule has 0 unspecified atom stereocenters. The molecule has 4 heteroatoms. The maximum atomic E-state index is 5.10. The highest BCUT2D eigenvalue weighted by molar-refractivity contribution is 6.19. The number of benzene rings is 6. The molecular weight excluding hydrogens is 609 g/mol.